The fourth-order valence-corrected chi connectivity index (χ4v) is 2.60. The van der Waals surface area contributed by atoms with Crippen LogP contribution in [0.4, 0.5) is 0 Å². The Morgan fingerprint density at radius 2 is 2.00 bits per heavy atom. The number of carbonyl (C=O) groups is 2. The molecule has 3 N–H and O–H groups in total. The zero-order chi connectivity index (χ0) is 16.2. The van der Waals surface area contributed by atoms with Gasteiger partial charge in [-0.05, 0) is 32.3 Å². The Morgan fingerprint density at radius 3 is 2.55 bits per heavy atom. The Bertz CT molecular complexity index is 584. The van der Waals surface area contributed by atoms with Crippen LogP contribution in [0.1, 0.15) is 56.3 Å². The minimum absolute atomic E-state index is 0.153. The average molecular weight is 305 g/mol. The van der Waals surface area contributed by atoms with Crippen molar-refractivity contribution in [1.29, 1.82) is 0 Å². The molecular weight excluding hydrogens is 282 g/mol. The van der Waals surface area contributed by atoms with Crippen molar-refractivity contribution >= 4 is 11.8 Å². The second-order valence-electron chi connectivity index (χ2n) is 6.04. The van der Waals surface area contributed by atoms with Gasteiger partial charge in [-0.15, -0.1) is 0 Å². The van der Waals surface area contributed by atoms with Crippen LogP contribution >= 0.6 is 0 Å². The molecule has 1 aliphatic rings. The number of rotatable bonds is 5. The summed E-state index contributed by atoms with van der Waals surface area (Å²) < 4.78 is 0. The van der Waals surface area contributed by atoms with Crippen molar-refractivity contribution in [2.45, 2.75) is 57.5 Å². The van der Waals surface area contributed by atoms with Crippen LogP contribution in [0.5, 0.6) is 0 Å². The summed E-state index contributed by atoms with van der Waals surface area (Å²) in [4.78, 5) is 38.2. The summed E-state index contributed by atoms with van der Waals surface area (Å²) in [5.41, 5.74) is -0.905. The molecule has 6 heteroatoms. The Labute approximate surface area is 129 Å². The number of nitrogens with one attached hydrogen (secondary N) is 3. The van der Waals surface area contributed by atoms with Crippen LogP contribution in [0.3, 0.4) is 0 Å². The first-order chi connectivity index (χ1) is 10.4. The Balaban J connectivity index is 2.05. The second-order valence-corrected chi connectivity index (χ2v) is 6.04. The van der Waals surface area contributed by atoms with E-state index in [9.17, 15) is 14.4 Å². The Kier molecular flexibility index (Phi) is 5.00. The monoisotopic (exact) mass is 305 g/mol. The normalized spacial score (nSPS) is 17.7. The van der Waals surface area contributed by atoms with E-state index in [4.69, 9.17) is 0 Å². The highest BCUT2D eigenvalue weighted by Gasteiger charge is 2.34. The van der Waals surface area contributed by atoms with Crippen LogP contribution in [-0.2, 0) is 4.79 Å². The van der Waals surface area contributed by atoms with E-state index in [1.807, 2.05) is 6.92 Å². The largest absolute Gasteiger partial charge is 0.351 e. The molecule has 120 valence electrons. The first-order valence-corrected chi connectivity index (χ1v) is 7.77. The summed E-state index contributed by atoms with van der Waals surface area (Å²) in [5.74, 6) is -0.526. The smallest absolute Gasteiger partial charge is 0.253 e. The number of hydrogen-bond acceptors (Lipinski definition) is 3. The van der Waals surface area contributed by atoms with Crippen molar-refractivity contribution in [2.24, 2.45) is 0 Å². The van der Waals surface area contributed by atoms with E-state index in [0.717, 1.165) is 25.7 Å². The molecule has 1 heterocycles. The molecule has 1 atom stereocenters. The Morgan fingerprint density at radius 1 is 1.32 bits per heavy atom. The molecule has 0 radical (unpaired) electrons. The second kappa shape index (κ2) is 6.77. The maximum absolute atomic E-state index is 12.5. The minimum atomic E-state index is -0.962. The van der Waals surface area contributed by atoms with Crippen LogP contribution in [0.25, 0.3) is 0 Å². The van der Waals surface area contributed by atoms with Gasteiger partial charge in [0.1, 0.15) is 5.54 Å². The predicted octanol–water partition coefficient (Wildman–Crippen LogP) is 1.33. The van der Waals surface area contributed by atoms with E-state index in [-0.39, 0.29) is 23.4 Å². The van der Waals surface area contributed by atoms with Gasteiger partial charge in [-0.2, -0.15) is 0 Å². The summed E-state index contributed by atoms with van der Waals surface area (Å²) in [6, 6.07) is 2.94. The molecule has 0 aliphatic heterocycles. The number of aromatic nitrogens is 1. The van der Waals surface area contributed by atoms with E-state index in [0.29, 0.717) is 12.0 Å². The molecule has 1 aromatic rings. The van der Waals surface area contributed by atoms with Crippen molar-refractivity contribution in [2.75, 3.05) is 0 Å². The van der Waals surface area contributed by atoms with Gasteiger partial charge in [0.25, 0.3) is 5.91 Å². The summed E-state index contributed by atoms with van der Waals surface area (Å²) in [7, 11) is 0. The SMILES string of the molecule is CC[C@](C)(NC(=O)c1ccc(=O)[nH]c1)C(=O)NC1CCCC1. The maximum Gasteiger partial charge on any atom is 0.253 e. The van der Waals surface area contributed by atoms with Crippen LogP contribution < -0.4 is 16.2 Å². The molecule has 0 saturated heterocycles. The molecule has 1 saturated carbocycles. The third kappa shape index (κ3) is 3.75. The van der Waals surface area contributed by atoms with E-state index in [1.54, 1.807) is 6.92 Å². The van der Waals surface area contributed by atoms with Crippen molar-refractivity contribution in [3.8, 4) is 0 Å². The number of hydrogen-bond donors (Lipinski definition) is 3. The molecule has 0 aromatic carbocycles. The molecule has 6 nitrogen and oxygen atoms in total. The molecule has 2 rings (SSSR count). The highest BCUT2D eigenvalue weighted by Crippen LogP contribution is 2.19. The topological polar surface area (TPSA) is 91.1 Å². The molecule has 0 spiro atoms. The zero-order valence-corrected chi connectivity index (χ0v) is 13.1. The van der Waals surface area contributed by atoms with E-state index >= 15 is 0 Å². The van der Waals surface area contributed by atoms with Crippen LogP contribution in [0, 0.1) is 0 Å². The standard InChI is InChI=1S/C16H23N3O3/c1-3-16(2,15(22)18-12-6-4-5-7-12)19-14(21)11-8-9-13(20)17-10-11/h8-10,12H,3-7H2,1-2H3,(H,17,20)(H,18,22)(H,19,21)/t16-/m0/s1. The number of H-pyrrole nitrogens is 1. The number of aromatic amines is 1. The first-order valence-electron chi connectivity index (χ1n) is 7.77. The van der Waals surface area contributed by atoms with Gasteiger partial charge in [-0.25, -0.2) is 0 Å². The number of pyridine rings is 1. The van der Waals surface area contributed by atoms with Crippen molar-refractivity contribution < 1.29 is 9.59 Å². The van der Waals surface area contributed by atoms with Crippen molar-refractivity contribution in [3.05, 3.63) is 34.2 Å². The fraction of sp³-hybridized carbons (Fsp3) is 0.562. The molecule has 2 amide bonds. The van der Waals surface area contributed by atoms with Gasteiger partial charge in [-0.1, -0.05) is 19.8 Å². The summed E-state index contributed by atoms with van der Waals surface area (Å²) in [6.07, 6.45) is 6.11. The summed E-state index contributed by atoms with van der Waals surface area (Å²) >= 11 is 0. The Hall–Kier alpha value is -2.11. The van der Waals surface area contributed by atoms with Gasteiger partial charge in [0.05, 0.1) is 5.56 Å². The lowest BCUT2D eigenvalue weighted by Gasteiger charge is -2.30. The molecule has 1 aliphatic carbocycles. The van der Waals surface area contributed by atoms with Gasteiger partial charge >= 0.3 is 0 Å². The maximum atomic E-state index is 12.5. The van der Waals surface area contributed by atoms with Gasteiger partial charge < -0.3 is 15.6 Å². The minimum Gasteiger partial charge on any atom is -0.351 e. The molecule has 0 unspecified atom stereocenters. The third-order valence-corrected chi connectivity index (χ3v) is 4.33. The molecule has 22 heavy (non-hydrogen) atoms. The van der Waals surface area contributed by atoms with Crippen molar-refractivity contribution in [1.82, 2.24) is 15.6 Å². The predicted molar refractivity (Wildman–Crippen MR) is 83.6 cm³/mol. The molecule has 0 bridgehead atoms. The van der Waals surface area contributed by atoms with Crippen LogP contribution in [0.2, 0.25) is 0 Å². The molecule has 1 aromatic heterocycles. The van der Waals surface area contributed by atoms with Gasteiger partial charge in [0.2, 0.25) is 11.5 Å². The van der Waals surface area contributed by atoms with Crippen LogP contribution in [0.15, 0.2) is 23.1 Å². The highest BCUT2D eigenvalue weighted by atomic mass is 16.2. The quantitative estimate of drug-likeness (QED) is 0.766. The molecular formula is C16H23N3O3. The fourth-order valence-electron chi connectivity index (χ4n) is 2.60. The van der Waals surface area contributed by atoms with Crippen molar-refractivity contribution in [3.63, 3.8) is 0 Å². The van der Waals surface area contributed by atoms with Crippen LogP contribution in [-0.4, -0.2) is 28.4 Å². The summed E-state index contributed by atoms with van der Waals surface area (Å²) in [6.45, 7) is 3.59. The van der Waals surface area contributed by atoms with Gasteiger partial charge in [0.15, 0.2) is 0 Å². The number of carbonyl (C=O) groups excluding carboxylic acids is 2. The van der Waals surface area contributed by atoms with Gasteiger partial charge in [0, 0.05) is 18.3 Å². The van der Waals surface area contributed by atoms with E-state index in [2.05, 4.69) is 15.6 Å². The lowest BCUT2D eigenvalue weighted by molar-refractivity contribution is -0.127. The third-order valence-electron chi connectivity index (χ3n) is 4.33. The average Bonchev–Trinajstić information content (AvgIpc) is 3.00. The highest BCUT2D eigenvalue weighted by molar-refractivity contribution is 5.98. The number of amides is 2. The molecule has 1 fully saturated rings. The lowest BCUT2D eigenvalue weighted by atomic mass is 9.96. The summed E-state index contributed by atoms with van der Waals surface area (Å²) in [5, 5.41) is 5.80. The lowest BCUT2D eigenvalue weighted by Crippen LogP contribution is -2.58. The first kappa shape index (κ1) is 16.3. The van der Waals surface area contributed by atoms with E-state index in [1.165, 1.54) is 18.3 Å². The van der Waals surface area contributed by atoms with Gasteiger partial charge in [-0.3, -0.25) is 14.4 Å². The van der Waals surface area contributed by atoms with E-state index < -0.39 is 5.54 Å². The zero-order valence-electron chi connectivity index (χ0n) is 13.1.